The molecule has 0 aliphatic rings. The van der Waals surface area contributed by atoms with E-state index in [-0.39, 0.29) is 30.1 Å². The van der Waals surface area contributed by atoms with Crippen LogP contribution in [0, 0.1) is 0 Å². The van der Waals surface area contributed by atoms with Gasteiger partial charge in [0.15, 0.2) is 12.1 Å². The van der Waals surface area contributed by atoms with E-state index in [2.05, 4.69) is 19.3 Å². The van der Waals surface area contributed by atoms with Crippen LogP contribution in [0.2, 0.25) is 40.2 Å². The molecule has 0 aromatic heterocycles. The molecule has 0 N–H and O–H groups in total. The van der Waals surface area contributed by atoms with Crippen LogP contribution in [0.25, 0.3) is 22.3 Å². The molecular formula is C24H10Cl8N4S. The van der Waals surface area contributed by atoms with Crippen molar-refractivity contribution >= 4 is 116 Å². The fourth-order valence-electron chi connectivity index (χ4n) is 3.21. The Morgan fingerprint density at radius 2 is 0.811 bits per heavy atom. The van der Waals surface area contributed by atoms with E-state index in [1.807, 2.05) is 0 Å². The lowest BCUT2D eigenvalue weighted by Gasteiger charge is -2.11. The van der Waals surface area contributed by atoms with Crippen LogP contribution >= 0.6 is 105 Å². The molecule has 0 fully saturated rings. The molecule has 0 amide bonds. The Morgan fingerprint density at radius 1 is 0.459 bits per heavy atom. The molecule has 4 rings (SSSR count). The normalized spacial score (nSPS) is 11.7. The second-order valence-corrected chi connectivity index (χ2v) is 10.9. The predicted molar refractivity (Wildman–Crippen MR) is 160 cm³/mol. The highest BCUT2D eigenvalue weighted by atomic mass is 35.5. The summed E-state index contributed by atoms with van der Waals surface area (Å²) in [5, 5.41) is 11.0. The number of halogens is 8. The Morgan fingerprint density at radius 3 is 1.16 bits per heavy atom. The maximum atomic E-state index is 6.56. The molecule has 0 bridgehead atoms. The van der Waals surface area contributed by atoms with Crippen LogP contribution in [0.5, 0.6) is 0 Å². The van der Waals surface area contributed by atoms with Gasteiger partial charge in [-0.2, -0.15) is 0 Å². The van der Waals surface area contributed by atoms with Gasteiger partial charge < -0.3 is 0 Å². The highest BCUT2D eigenvalue weighted by molar-refractivity contribution is 7.96. The van der Waals surface area contributed by atoms with Gasteiger partial charge in [0.1, 0.15) is 11.4 Å². The molecular weight excluding hydrogens is 660 g/mol. The largest absolute Gasteiger partial charge is 0.160 e. The molecule has 13 heteroatoms. The zero-order valence-corrected chi connectivity index (χ0v) is 24.9. The molecule has 188 valence electrons. The first kappa shape index (κ1) is 28.8. The zero-order valence-electron chi connectivity index (χ0n) is 18.0. The highest BCUT2D eigenvalue weighted by Crippen LogP contribution is 2.46. The summed E-state index contributed by atoms with van der Waals surface area (Å²) in [5.41, 5.74) is 3.03. The summed E-state index contributed by atoms with van der Waals surface area (Å²) in [6.45, 7) is 0. The number of rotatable bonds is 6. The molecule has 0 saturated heterocycles. The summed E-state index contributed by atoms with van der Waals surface area (Å²) in [6, 6.07) is 17.0. The van der Waals surface area contributed by atoms with Gasteiger partial charge >= 0.3 is 0 Å². The first-order valence-corrected chi connectivity index (χ1v) is 13.8. The topological polar surface area (TPSA) is 49.4 Å². The zero-order chi connectivity index (χ0) is 26.7. The minimum absolute atomic E-state index is 0.258. The van der Waals surface area contributed by atoms with Gasteiger partial charge in [0.2, 0.25) is 0 Å². The van der Waals surface area contributed by atoms with Gasteiger partial charge in [-0.05, 0) is 47.5 Å². The van der Waals surface area contributed by atoms with Crippen molar-refractivity contribution in [1.29, 1.82) is 0 Å². The molecule has 4 aromatic rings. The van der Waals surface area contributed by atoms with Crippen molar-refractivity contribution in [2.24, 2.45) is 19.3 Å². The third kappa shape index (κ3) is 6.67. The fourth-order valence-corrected chi connectivity index (χ4v) is 5.34. The number of hydrogen-bond donors (Lipinski definition) is 0. The Bertz CT molecular complexity index is 1410. The van der Waals surface area contributed by atoms with E-state index < -0.39 is 0 Å². The van der Waals surface area contributed by atoms with E-state index in [1.165, 1.54) is 12.1 Å². The van der Waals surface area contributed by atoms with E-state index in [9.17, 15) is 0 Å². The van der Waals surface area contributed by atoms with E-state index in [0.29, 0.717) is 44.7 Å². The van der Waals surface area contributed by atoms with Crippen LogP contribution in [0.3, 0.4) is 0 Å². The van der Waals surface area contributed by atoms with Crippen LogP contribution in [0.15, 0.2) is 79.9 Å². The molecule has 4 nitrogen and oxygen atoms in total. The predicted octanol–water partition coefficient (Wildman–Crippen LogP) is 13.7. The van der Waals surface area contributed by atoms with E-state index in [4.69, 9.17) is 92.8 Å². The standard InChI is InChI=1S/C24H10Cl8N4S/c25-13-5-1-11(2-6-13)19-21(29)15(27)9-17(23(19)31)33-35-37-36-34-18-10-16(28)22(30)20(24(18)32)12-3-7-14(26)8-4-12/h1-10H. The van der Waals surface area contributed by atoms with Crippen LogP contribution < -0.4 is 0 Å². The molecule has 0 spiro atoms. The molecule has 0 unspecified atom stereocenters. The molecule has 0 heterocycles. The minimum atomic E-state index is 0.258. The van der Waals surface area contributed by atoms with Gasteiger partial charge in [-0.1, -0.05) is 126 Å². The third-order valence-electron chi connectivity index (χ3n) is 4.91. The highest BCUT2D eigenvalue weighted by Gasteiger charge is 2.18. The summed E-state index contributed by atoms with van der Waals surface area (Å²) in [7, 11) is 0. The molecule has 0 saturated carbocycles. The van der Waals surface area contributed by atoms with Crippen molar-refractivity contribution in [1.82, 2.24) is 0 Å². The molecule has 0 atom stereocenters. The van der Waals surface area contributed by atoms with Crippen molar-refractivity contribution < 1.29 is 0 Å². The molecule has 4 aromatic carbocycles. The molecule has 37 heavy (non-hydrogen) atoms. The van der Waals surface area contributed by atoms with E-state index in [0.717, 1.165) is 11.1 Å². The number of nitrogens with zero attached hydrogens (tertiary/aromatic N) is 4. The van der Waals surface area contributed by atoms with Gasteiger partial charge in [-0.25, -0.2) is 0 Å². The Hall–Kier alpha value is -1.25. The first-order chi connectivity index (χ1) is 17.7. The summed E-state index contributed by atoms with van der Waals surface area (Å²) in [4.78, 5) is 0. The van der Waals surface area contributed by atoms with Gasteiger partial charge in [0, 0.05) is 21.2 Å². The van der Waals surface area contributed by atoms with Crippen LogP contribution in [-0.4, -0.2) is 0 Å². The average Bonchev–Trinajstić information content (AvgIpc) is 2.87. The Balaban J connectivity index is 1.58. The van der Waals surface area contributed by atoms with Gasteiger partial charge in [-0.15, -0.1) is 10.2 Å². The second kappa shape index (κ2) is 12.7. The van der Waals surface area contributed by atoms with Crippen molar-refractivity contribution in [2.45, 2.75) is 0 Å². The summed E-state index contributed by atoms with van der Waals surface area (Å²) >= 11 is 51.2. The number of benzene rings is 4. The molecule has 0 aliphatic heterocycles. The minimum Gasteiger partial charge on any atom is -0.140 e. The fraction of sp³-hybridized carbons (Fsp3) is 0. The maximum absolute atomic E-state index is 6.56. The van der Waals surface area contributed by atoms with Gasteiger partial charge in [-0.3, -0.25) is 0 Å². The van der Waals surface area contributed by atoms with E-state index >= 15 is 0 Å². The average molecular weight is 670 g/mol. The smallest absolute Gasteiger partial charge is 0.140 e. The lowest BCUT2D eigenvalue weighted by Crippen LogP contribution is -1.84. The first-order valence-electron chi connectivity index (χ1n) is 10.0. The van der Waals surface area contributed by atoms with Crippen molar-refractivity contribution in [2.75, 3.05) is 0 Å². The quantitative estimate of drug-likeness (QED) is 0.114. The molecule has 0 radical (unpaired) electrons. The van der Waals surface area contributed by atoms with Crippen LogP contribution in [0.1, 0.15) is 0 Å². The monoisotopic (exact) mass is 666 g/mol. The summed E-state index contributed by atoms with van der Waals surface area (Å²) < 4.78 is 7.91. The van der Waals surface area contributed by atoms with E-state index in [1.54, 1.807) is 48.5 Å². The lowest BCUT2D eigenvalue weighted by molar-refractivity contribution is 1.30. The molecule has 0 aliphatic carbocycles. The van der Waals surface area contributed by atoms with Crippen molar-refractivity contribution in [3.8, 4) is 22.3 Å². The SMILES string of the molecule is Clc1ccc(-c2c(Cl)c(Cl)cc(N=NSN=Nc3cc(Cl)c(Cl)c(-c4ccc(Cl)cc4)c3Cl)c2Cl)cc1. The van der Waals surface area contributed by atoms with Gasteiger partial charge in [0.05, 0.1) is 30.1 Å². The summed E-state index contributed by atoms with van der Waals surface area (Å²) in [6.07, 6.45) is 0. The second-order valence-electron chi connectivity index (χ2n) is 7.22. The van der Waals surface area contributed by atoms with Crippen molar-refractivity contribution in [3.05, 3.63) is 101 Å². The van der Waals surface area contributed by atoms with Crippen molar-refractivity contribution in [3.63, 3.8) is 0 Å². The Kier molecular flexibility index (Phi) is 9.90. The third-order valence-corrected chi connectivity index (χ3v) is 8.06. The lowest BCUT2D eigenvalue weighted by atomic mass is 10.0. The number of hydrogen-bond acceptors (Lipinski definition) is 5. The maximum Gasteiger partial charge on any atom is 0.160 e. The Labute approximate surface area is 256 Å². The van der Waals surface area contributed by atoms with Gasteiger partial charge in [0.25, 0.3) is 0 Å². The summed E-state index contributed by atoms with van der Waals surface area (Å²) in [5.74, 6) is 0. The van der Waals surface area contributed by atoms with Crippen LogP contribution in [0.4, 0.5) is 11.4 Å². The van der Waals surface area contributed by atoms with Crippen LogP contribution in [-0.2, 0) is 0 Å².